The van der Waals surface area contributed by atoms with Crippen LogP contribution >= 0.6 is 46.6 Å². The Labute approximate surface area is 256 Å². The monoisotopic (exact) mass is 616 g/mol. The van der Waals surface area contributed by atoms with Crippen LogP contribution in [0, 0.1) is 0 Å². The second-order valence-corrected chi connectivity index (χ2v) is 12.6. The summed E-state index contributed by atoms with van der Waals surface area (Å²) in [6.45, 7) is 0.273. The summed E-state index contributed by atoms with van der Waals surface area (Å²) in [4.78, 5) is 30.5. The van der Waals surface area contributed by atoms with E-state index in [1.807, 2.05) is 60.7 Å². The van der Waals surface area contributed by atoms with Gasteiger partial charge in [0.05, 0.1) is 10.0 Å². The largest absolute Gasteiger partial charge is 0.352 e. The lowest BCUT2D eigenvalue weighted by Crippen LogP contribution is -2.52. The number of hydrogen-bond donors (Lipinski definition) is 1. The zero-order valence-electron chi connectivity index (χ0n) is 22.5. The average molecular weight is 618 g/mol. The van der Waals surface area contributed by atoms with Crippen molar-refractivity contribution >= 4 is 58.4 Å². The molecule has 0 saturated heterocycles. The van der Waals surface area contributed by atoms with Gasteiger partial charge in [-0.3, -0.25) is 9.59 Å². The number of rotatable bonds is 12. The number of halogens is 3. The minimum atomic E-state index is -0.643. The Hall–Kier alpha value is -2.18. The van der Waals surface area contributed by atoms with Crippen LogP contribution in [0.4, 0.5) is 0 Å². The summed E-state index contributed by atoms with van der Waals surface area (Å²) in [5.41, 5.74) is 1.85. The van der Waals surface area contributed by atoms with Crippen molar-refractivity contribution in [2.45, 2.75) is 74.9 Å². The zero-order valence-corrected chi connectivity index (χ0v) is 25.5. The van der Waals surface area contributed by atoms with Gasteiger partial charge in [0.1, 0.15) is 6.04 Å². The molecule has 0 heterocycles. The second-order valence-electron chi connectivity index (χ2n) is 10.2. The molecule has 40 heavy (non-hydrogen) atoms. The Morgan fingerprint density at radius 1 is 0.875 bits per heavy atom. The van der Waals surface area contributed by atoms with Gasteiger partial charge in [-0.25, -0.2) is 0 Å². The van der Waals surface area contributed by atoms with E-state index in [1.54, 1.807) is 28.8 Å². The maximum absolute atomic E-state index is 13.8. The van der Waals surface area contributed by atoms with Gasteiger partial charge >= 0.3 is 0 Å². The molecule has 1 aliphatic carbocycles. The summed E-state index contributed by atoms with van der Waals surface area (Å²) in [5.74, 6) is 0.633. The molecular weight excluding hydrogens is 583 g/mol. The van der Waals surface area contributed by atoms with Gasteiger partial charge in [0.15, 0.2) is 0 Å². The molecule has 0 aliphatic heterocycles. The molecule has 1 atom stereocenters. The molecule has 4 rings (SSSR count). The quantitative estimate of drug-likeness (QED) is 0.164. The highest BCUT2D eigenvalue weighted by Gasteiger charge is 2.31. The van der Waals surface area contributed by atoms with Crippen molar-refractivity contribution < 1.29 is 9.59 Å². The molecule has 1 saturated carbocycles. The van der Waals surface area contributed by atoms with E-state index in [0.717, 1.165) is 47.5 Å². The standard InChI is InChI=1S/C32H35Cl3N2O2S/c33-25-14-16-27(17-15-25)40-19-7-12-31(38)37(22-24-13-18-28(34)29(35)20-24)30(21-23-8-3-1-4-9-23)32(39)36-26-10-5-2-6-11-26/h1,3-4,8-9,13-18,20,26,30H,2,5-7,10-12,19,21-22H2,(H,36,39)/t30-/m1/s1. The van der Waals surface area contributed by atoms with Crippen LogP contribution in [0.5, 0.6) is 0 Å². The third-order valence-electron chi connectivity index (χ3n) is 7.18. The van der Waals surface area contributed by atoms with Crippen LogP contribution in [0.15, 0.2) is 77.7 Å². The first-order valence-corrected chi connectivity index (χ1v) is 16.0. The van der Waals surface area contributed by atoms with E-state index in [-0.39, 0.29) is 24.4 Å². The van der Waals surface area contributed by atoms with Crippen LogP contribution < -0.4 is 5.32 Å². The predicted molar refractivity (Wildman–Crippen MR) is 167 cm³/mol. The molecule has 4 nitrogen and oxygen atoms in total. The van der Waals surface area contributed by atoms with Crippen molar-refractivity contribution in [3.05, 3.63) is 99.0 Å². The molecule has 0 unspecified atom stereocenters. The van der Waals surface area contributed by atoms with Gasteiger partial charge in [0, 0.05) is 35.3 Å². The minimum absolute atomic E-state index is 0.0532. The van der Waals surface area contributed by atoms with Gasteiger partial charge in [-0.15, -0.1) is 11.8 Å². The van der Waals surface area contributed by atoms with Gasteiger partial charge in [0.2, 0.25) is 11.8 Å². The molecule has 0 spiro atoms. The highest BCUT2D eigenvalue weighted by atomic mass is 35.5. The molecule has 0 aromatic heterocycles. The van der Waals surface area contributed by atoms with Gasteiger partial charge in [-0.05, 0) is 72.5 Å². The van der Waals surface area contributed by atoms with Gasteiger partial charge in [0.25, 0.3) is 0 Å². The first-order chi connectivity index (χ1) is 19.4. The van der Waals surface area contributed by atoms with E-state index in [0.29, 0.717) is 34.3 Å². The topological polar surface area (TPSA) is 49.4 Å². The fourth-order valence-electron chi connectivity index (χ4n) is 5.02. The van der Waals surface area contributed by atoms with Crippen molar-refractivity contribution in [2.24, 2.45) is 0 Å². The predicted octanol–water partition coefficient (Wildman–Crippen LogP) is 8.61. The average Bonchev–Trinajstić information content (AvgIpc) is 2.96. The number of carbonyl (C=O) groups is 2. The van der Waals surface area contributed by atoms with Crippen LogP contribution in [0.2, 0.25) is 15.1 Å². The van der Waals surface area contributed by atoms with Crippen LogP contribution in [-0.2, 0) is 22.6 Å². The van der Waals surface area contributed by atoms with Crippen LogP contribution in [0.25, 0.3) is 0 Å². The molecule has 3 aromatic carbocycles. The number of nitrogens with zero attached hydrogens (tertiary/aromatic N) is 1. The van der Waals surface area contributed by atoms with E-state index >= 15 is 0 Å². The number of thioether (sulfide) groups is 1. The van der Waals surface area contributed by atoms with E-state index < -0.39 is 6.04 Å². The van der Waals surface area contributed by atoms with Gasteiger partial charge < -0.3 is 10.2 Å². The lowest BCUT2D eigenvalue weighted by Gasteiger charge is -2.33. The summed E-state index contributed by atoms with van der Waals surface area (Å²) in [6.07, 6.45) is 6.86. The Morgan fingerprint density at radius 2 is 1.60 bits per heavy atom. The zero-order chi connectivity index (χ0) is 28.3. The van der Waals surface area contributed by atoms with E-state index in [4.69, 9.17) is 34.8 Å². The van der Waals surface area contributed by atoms with Crippen LogP contribution in [-0.4, -0.2) is 34.6 Å². The molecular formula is C32H35Cl3N2O2S. The molecule has 212 valence electrons. The first-order valence-electron chi connectivity index (χ1n) is 13.8. The smallest absolute Gasteiger partial charge is 0.243 e. The molecule has 1 fully saturated rings. The molecule has 1 N–H and O–H groups in total. The van der Waals surface area contributed by atoms with Crippen LogP contribution in [0.1, 0.15) is 56.1 Å². The highest BCUT2D eigenvalue weighted by molar-refractivity contribution is 7.99. The van der Waals surface area contributed by atoms with Gasteiger partial charge in [-0.1, -0.05) is 90.5 Å². The second kappa shape index (κ2) is 15.7. The third kappa shape index (κ3) is 9.44. The van der Waals surface area contributed by atoms with Gasteiger partial charge in [-0.2, -0.15) is 0 Å². The minimum Gasteiger partial charge on any atom is -0.352 e. The molecule has 8 heteroatoms. The van der Waals surface area contributed by atoms with E-state index in [9.17, 15) is 9.59 Å². The van der Waals surface area contributed by atoms with Crippen molar-refractivity contribution in [3.8, 4) is 0 Å². The molecule has 2 amide bonds. The SMILES string of the molecule is O=C(NC1CCCCC1)[C@@H](Cc1ccccc1)N(Cc1ccc(Cl)c(Cl)c1)C(=O)CCCSc1ccc(Cl)cc1. The number of benzene rings is 3. The Bertz CT molecular complexity index is 1250. The summed E-state index contributed by atoms with van der Waals surface area (Å²) in [7, 11) is 0. The molecule has 0 bridgehead atoms. The fraction of sp³-hybridized carbons (Fsp3) is 0.375. The van der Waals surface area contributed by atoms with Crippen molar-refractivity contribution in [3.63, 3.8) is 0 Å². The van der Waals surface area contributed by atoms with Crippen molar-refractivity contribution in [1.29, 1.82) is 0 Å². The molecule has 1 aliphatic rings. The fourth-order valence-corrected chi connectivity index (χ4v) is 6.32. The third-order valence-corrected chi connectivity index (χ3v) is 9.27. The van der Waals surface area contributed by atoms with E-state index in [2.05, 4.69) is 5.32 Å². The Morgan fingerprint density at radius 3 is 2.30 bits per heavy atom. The highest BCUT2D eigenvalue weighted by Crippen LogP contribution is 2.26. The lowest BCUT2D eigenvalue weighted by atomic mass is 9.94. The molecule has 3 aromatic rings. The van der Waals surface area contributed by atoms with Crippen LogP contribution in [0.3, 0.4) is 0 Å². The summed E-state index contributed by atoms with van der Waals surface area (Å²) in [5, 5.41) is 4.87. The summed E-state index contributed by atoms with van der Waals surface area (Å²) in [6, 6.07) is 22.5. The maximum atomic E-state index is 13.8. The summed E-state index contributed by atoms with van der Waals surface area (Å²) >= 11 is 20.2. The number of nitrogens with one attached hydrogen (secondary N) is 1. The number of amides is 2. The Balaban J connectivity index is 1.53. The Kier molecular flexibility index (Phi) is 12.1. The normalized spacial score (nSPS) is 14.5. The number of carbonyl (C=O) groups excluding carboxylic acids is 2. The number of hydrogen-bond acceptors (Lipinski definition) is 3. The first kappa shape index (κ1) is 30.8. The molecule has 0 radical (unpaired) electrons. The van der Waals surface area contributed by atoms with Crippen molar-refractivity contribution in [1.82, 2.24) is 10.2 Å². The summed E-state index contributed by atoms with van der Waals surface area (Å²) < 4.78 is 0. The lowest BCUT2D eigenvalue weighted by molar-refractivity contribution is -0.141. The maximum Gasteiger partial charge on any atom is 0.243 e. The van der Waals surface area contributed by atoms with Crippen molar-refractivity contribution in [2.75, 3.05) is 5.75 Å². The van der Waals surface area contributed by atoms with E-state index in [1.165, 1.54) is 6.42 Å².